The number of aromatic amines is 1. The van der Waals surface area contributed by atoms with Crippen LogP contribution in [0.2, 0.25) is 5.02 Å². The first-order valence-electron chi connectivity index (χ1n) is 13.8. The van der Waals surface area contributed by atoms with Gasteiger partial charge >= 0.3 is 12.1 Å². The third-order valence-corrected chi connectivity index (χ3v) is 8.08. The van der Waals surface area contributed by atoms with Crippen molar-refractivity contribution in [1.29, 1.82) is 0 Å². The molecule has 11 heteroatoms. The van der Waals surface area contributed by atoms with E-state index in [1.165, 1.54) is 23.2 Å². The second-order valence-electron chi connectivity index (χ2n) is 10.9. The van der Waals surface area contributed by atoms with E-state index in [4.69, 9.17) is 16.3 Å². The van der Waals surface area contributed by atoms with Gasteiger partial charge in [0.2, 0.25) is 0 Å². The van der Waals surface area contributed by atoms with E-state index in [-0.39, 0.29) is 50.4 Å². The summed E-state index contributed by atoms with van der Waals surface area (Å²) < 4.78 is 19.9. The van der Waals surface area contributed by atoms with Crippen LogP contribution in [-0.2, 0) is 22.6 Å². The Hall–Kier alpha value is -4.57. The molecule has 0 saturated carbocycles. The molecule has 1 aliphatic heterocycles. The first-order valence-corrected chi connectivity index (χ1v) is 14.2. The van der Waals surface area contributed by atoms with Crippen LogP contribution in [-0.4, -0.2) is 56.4 Å². The van der Waals surface area contributed by atoms with Crippen LogP contribution in [0.15, 0.2) is 79.0 Å². The highest BCUT2D eigenvalue weighted by Gasteiger charge is 2.48. The van der Waals surface area contributed by atoms with E-state index in [0.717, 1.165) is 11.1 Å². The molecular weight excluding hydrogens is 575 g/mol. The van der Waals surface area contributed by atoms with E-state index >= 15 is 0 Å². The molecule has 2 N–H and O–H groups in total. The Morgan fingerprint density at radius 2 is 1.84 bits per heavy atom. The van der Waals surface area contributed by atoms with Gasteiger partial charge in [0.15, 0.2) is 5.78 Å². The Balaban J connectivity index is 1.32. The zero-order chi connectivity index (χ0) is 30.4. The van der Waals surface area contributed by atoms with Crippen molar-refractivity contribution in [2.24, 2.45) is 11.3 Å². The van der Waals surface area contributed by atoms with Gasteiger partial charge in [-0.05, 0) is 60.1 Å². The highest BCUT2D eigenvalue weighted by atomic mass is 35.5. The van der Waals surface area contributed by atoms with Crippen LogP contribution < -0.4 is 0 Å². The monoisotopic (exact) mass is 604 g/mol. The number of amides is 1. The number of aromatic nitrogens is 3. The summed E-state index contributed by atoms with van der Waals surface area (Å²) in [5.41, 5.74) is 1.59. The number of halogens is 2. The van der Waals surface area contributed by atoms with Crippen molar-refractivity contribution in [3.05, 3.63) is 107 Å². The van der Waals surface area contributed by atoms with Crippen LogP contribution >= 0.6 is 11.6 Å². The van der Waals surface area contributed by atoms with E-state index in [0.29, 0.717) is 22.6 Å². The highest BCUT2D eigenvalue weighted by Crippen LogP contribution is 2.40. The molecule has 3 aromatic carbocycles. The number of carbonyl (C=O) groups is 3. The Kier molecular flexibility index (Phi) is 9.16. The molecule has 222 valence electrons. The largest absolute Gasteiger partial charge is 0.481 e. The van der Waals surface area contributed by atoms with Gasteiger partial charge in [0.25, 0.3) is 0 Å². The smallest absolute Gasteiger partial charge is 0.410 e. The summed E-state index contributed by atoms with van der Waals surface area (Å²) in [5.74, 6) is -2.09. The number of Topliss-reactive ketones (excluding diaryl/α,β-unsaturated/α-hetero) is 1. The summed E-state index contributed by atoms with van der Waals surface area (Å²) in [7, 11) is 0. The third-order valence-electron chi connectivity index (χ3n) is 7.84. The fourth-order valence-electron chi connectivity index (χ4n) is 5.61. The average molecular weight is 605 g/mol. The quantitative estimate of drug-likeness (QED) is 0.195. The van der Waals surface area contributed by atoms with Crippen molar-refractivity contribution in [2.75, 3.05) is 13.1 Å². The van der Waals surface area contributed by atoms with E-state index < -0.39 is 29.2 Å². The van der Waals surface area contributed by atoms with Crippen LogP contribution in [0.25, 0.3) is 11.1 Å². The SMILES string of the molecule is O=C(C[C@H](Cc1ccc(-c2cc(Cl)ccc2F)cc1)CC1(C(=O)O)CCN(C(=O)OCc2ccccc2)C1)c1cn[nH]n1. The Bertz CT molecular complexity index is 1580. The number of likely N-dealkylation sites (tertiary alicyclic amines) is 1. The molecular formula is C32H30ClFN4O5. The number of nitrogens with zero attached hydrogens (tertiary/aromatic N) is 3. The average Bonchev–Trinajstić information content (AvgIpc) is 3.70. The predicted octanol–water partition coefficient (Wildman–Crippen LogP) is 6.20. The molecule has 1 aliphatic rings. The number of carboxylic acids is 1. The number of ether oxygens (including phenoxy) is 1. The topological polar surface area (TPSA) is 125 Å². The summed E-state index contributed by atoms with van der Waals surface area (Å²) in [4.78, 5) is 40.0. The van der Waals surface area contributed by atoms with E-state index in [1.54, 1.807) is 18.2 Å². The van der Waals surface area contributed by atoms with Gasteiger partial charge in [-0.25, -0.2) is 9.18 Å². The Labute approximate surface area is 252 Å². The number of aliphatic carboxylic acids is 1. The molecule has 0 bridgehead atoms. The van der Waals surface area contributed by atoms with Crippen LogP contribution in [0.4, 0.5) is 9.18 Å². The van der Waals surface area contributed by atoms with Crippen LogP contribution in [0.3, 0.4) is 0 Å². The number of rotatable bonds is 11. The van der Waals surface area contributed by atoms with Crippen molar-refractivity contribution in [3.63, 3.8) is 0 Å². The molecule has 4 aromatic rings. The van der Waals surface area contributed by atoms with Gasteiger partial charge in [-0.2, -0.15) is 15.4 Å². The molecule has 1 amide bonds. The molecule has 0 spiro atoms. The second-order valence-corrected chi connectivity index (χ2v) is 11.3. The molecule has 9 nitrogen and oxygen atoms in total. The minimum absolute atomic E-state index is 0.0302. The summed E-state index contributed by atoms with van der Waals surface area (Å²) in [6.45, 7) is 0.279. The number of nitrogens with one attached hydrogen (secondary N) is 1. The van der Waals surface area contributed by atoms with E-state index in [9.17, 15) is 23.9 Å². The van der Waals surface area contributed by atoms with Crippen molar-refractivity contribution in [3.8, 4) is 11.1 Å². The van der Waals surface area contributed by atoms with Gasteiger partial charge in [0.1, 0.15) is 18.1 Å². The lowest BCUT2D eigenvalue weighted by Crippen LogP contribution is -2.39. The van der Waals surface area contributed by atoms with Gasteiger partial charge in [0, 0.05) is 30.1 Å². The van der Waals surface area contributed by atoms with Gasteiger partial charge in [0.05, 0.1) is 11.6 Å². The fourth-order valence-corrected chi connectivity index (χ4v) is 5.78. The Morgan fingerprint density at radius 1 is 1.07 bits per heavy atom. The second kappa shape index (κ2) is 13.2. The van der Waals surface area contributed by atoms with Crippen molar-refractivity contribution in [1.82, 2.24) is 20.3 Å². The molecule has 2 atom stereocenters. The molecule has 1 saturated heterocycles. The zero-order valence-electron chi connectivity index (χ0n) is 23.2. The predicted molar refractivity (Wildman–Crippen MR) is 157 cm³/mol. The zero-order valence-corrected chi connectivity index (χ0v) is 24.0. The number of H-pyrrole nitrogens is 1. The summed E-state index contributed by atoms with van der Waals surface area (Å²) in [6.07, 6.45) is 1.55. The molecule has 0 radical (unpaired) electrons. The lowest BCUT2D eigenvalue weighted by molar-refractivity contribution is -0.149. The van der Waals surface area contributed by atoms with Gasteiger partial charge in [-0.1, -0.05) is 66.2 Å². The maximum atomic E-state index is 14.4. The standard InChI is InChI=1S/C32H30ClFN4O5/c33-25-10-11-27(34)26(16-25)24-8-6-21(7-9-24)14-23(15-29(39)28-18-35-37-36-28)17-32(30(40)41)12-13-38(20-32)31(42)43-19-22-4-2-1-3-5-22/h1-11,16,18,23H,12-15,17,19-20H2,(H,40,41)(H,35,36,37)/t23-,32?/m0/s1. The summed E-state index contributed by atoms with van der Waals surface area (Å²) in [5, 5.41) is 20.8. The van der Waals surface area contributed by atoms with Crippen molar-refractivity contribution >= 4 is 29.4 Å². The van der Waals surface area contributed by atoms with Crippen LogP contribution in [0, 0.1) is 17.2 Å². The number of ketones is 1. The molecule has 2 heterocycles. The number of hydrogen-bond donors (Lipinski definition) is 2. The van der Waals surface area contributed by atoms with E-state index in [1.807, 2.05) is 42.5 Å². The first kappa shape index (κ1) is 29.9. The van der Waals surface area contributed by atoms with Gasteiger partial charge in [-0.15, -0.1) is 0 Å². The number of carbonyl (C=O) groups excluding carboxylic acids is 2. The number of hydrogen-bond acceptors (Lipinski definition) is 6. The summed E-state index contributed by atoms with van der Waals surface area (Å²) >= 11 is 6.06. The van der Waals surface area contributed by atoms with Crippen molar-refractivity contribution < 1.29 is 28.6 Å². The molecule has 5 rings (SSSR count). The minimum Gasteiger partial charge on any atom is -0.481 e. The maximum Gasteiger partial charge on any atom is 0.410 e. The first-order chi connectivity index (χ1) is 20.7. The van der Waals surface area contributed by atoms with Crippen LogP contribution in [0.1, 0.15) is 40.9 Å². The lowest BCUT2D eigenvalue weighted by atomic mass is 9.75. The number of carboxylic acid groups (broad SMARTS) is 1. The normalized spacial score (nSPS) is 17.0. The third kappa shape index (κ3) is 7.26. The van der Waals surface area contributed by atoms with Gasteiger partial charge < -0.3 is 14.7 Å². The number of benzene rings is 3. The molecule has 43 heavy (non-hydrogen) atoms. The van der Waals surface area contributed by atoms with E-state index in [2.05, 4.69) is 15.4 Å². The summed E-state index contributed by atoms with van der Waals surface area (Å²) in [6, 6.07) is 20.8. The Morgan fingerprint density at radius 3 is 2.53 bits per heavy atom. The fraction of sp³-hybridized carbons (Fsp3) is 0.281. The molecule has 1 fully saturated rings. The van der Waals surface area contributed by atoms with Crippen molar-refractivity contribution in [2.45, 2.75) is 32.3 Å². The minimum atomic E-state index is -1.26. The molecule has 1 unspecified atom stereocenters. The highest BCUT2D eigenvalue weighted by molar-refractivity contribution is 6.30. The maximum absolute atomic E-state index is 14.4. The lowest BCUT2D eigenvalue weighted by Gasteiger charge is -2.29. The molecule has 0 aliphatic carbocycles. The molecule has 1 aromatic heterocycles. The van der Waals surface area contributed by atoms with Crippen LogP contribution in [0.5, 0.6) is 0 Å². The van der Waals surface area contributed by atoms with Gasteiger partial charge in [-0.3, -0.25) is 9.59 Å².